The number of hydrogen-bond donors (Lipinski definition) is 1. The average Bonchev–Trinajstić information content (AvgIpc) is 3.22. The Hall–Kier alpha value is -3.78. The van der Waals surface area contributed by atoms with Crippen molar-refractivity contribution in [1.82, 2.24) is 9.97 Å². The van der Waals surface area contributed by atoms with Crippen LogP contribution in [0.15, 0.2) is 60.2 Å². The normalized spacial score (nSPS) is 13.1. The molecular weight excluding hydrogens is 412 g/mol. The van der Waals surface area contributed by atoms with Crippen LogP contribution < -0.4 is 15.0 Å². The second-order valence-electron chi connectivity index (χ2n) is 7.21. The largest absolute Gasteiger partial charge is 0.467 e. The molecule has 154 valence electrons. The van der Waals surface area contributed by atoms with Crippen molar-refractivity contribution in [2.45, 2.75) is 6.92 Å². The summed E-state index contributed by atoms with van der Waals surface area (Å²) in [4.78, 5) is 35.8. The first-order valence-corrected chi connectivity index (χ1v) is 10.6. The minimum atomic E-state index is -0.318. The fraction of sp³-hybridized carbons (Fsp3) is 0.130. The van der Waals surface area contributed by atoms with Gasteiger partial charge in [0.1, 0.15) is 17.7 Å². The second-order valence-corrected chi connectivity index (χ2v) is 8.07. The molecule has 2 aromatic carbocycles. The Morgan fingerprint density at radius 1 is 1.16 bits per heavy atom. The molecule has 0 bridgehead atoms. The molecule has 0 unspecified atom stereocenters. The minimum absolute atomic E-state index is 0.0501. The van der Waals surface area contributed by atoms with Crippen LogP contribution in [0.25, 0.3) is 21.3 Å². The van der Waals surface area contributed by atoms with E-state index in [9.17, 15) is 9.59 Å². The fourth-order valence-electron chi connectivity index (χ4n) is 3.57. The number of fused-ring (bicyclic) bond motifs is 2. The van der Waals surface area contributed by atoms with E-state index in [1.807, 2.05) is 48.7 Å². The molecule has 8 heteroatoms. The van der Waals surface area contributed by atoms with Crippen LogP contribution in [0.5, 0.6) is 5.88 Å². The predicted octanol–water partition coefficient (Wildman–Crippen LogP) is 4.03. The molecule has 0 fully saturated rings. The number of aryl methyl sites for hydroxylation is 1. The van der Waals surface area contributed by atoms with Crippen LogP contribution in [0.1, 0.15) is 5.56 Å². The van der Waals surface area contributed by atoms with Gasteiger partial charge in [-0.05, 0) is 24.6 Å². The molecule has 2 aromatic heterocycles. The van der Waals surface area contributed by atoms with Gasteiger partial charge in [-0.25, -0.2) is 9.97 Å². The highest BCUT2D eigenvalue weighted by atomic mass is 32.1. The Labute approximate surface area is 182 Å². The van der Waals surface area contributed by atoms with Crippen molar-refractivity contribution < 1.29 is 14.3 Å². The lowest BCUT2D eigenvalue weighted by Crippen LogP contribution is -2.44. The van der Waals surface area contributed by atoms with E-state index in [2.05, 4.69) is 15.3 Å². The maximum Gasteiger partial charge on any atom is 0.265 e. The van der Waals surface area contributed by atoms with Crippen LogP contribution in [0.3, 0.4) is 0 Å². The van der Waals surface area contributed by atoms with Crippen molar-refractivity contribution in [3.63, 3.8) is 0 Å². The van der Waals surface area contributed by atoms with E-state index in [4.69, 9.17) is 4.74 Å². The number of ether oxygens (including phenoxy) is 1. The number of aromatic nitrogens is 2. The fourth-order valence-corrected chi connectivity index (χ4v) is 4.47. The molecule has 7 nitrogen and oxygen atoms in total. The Morgan fingerprint density at radius 3 is 2.81 bits per heavy atom. The smallest absolute Gasteiger partial charge is 0.265 e. The molecular formula is C23H18N4O3S. The van der Waals surface area contributed by atoms with Gasteiger partial charge in [0, 0.05) is 10.9 Å². The summed E-state index contributed by atoms with van der Waals surface area (Å²) < 4.78 is 5.86. The number of benzene rings is 2. The number of para-hydroxylation sites is 2. The van der Waals surface area contributed by atoms with Gasteiger partial charge in [-0.15, -0.1) is 11.3 Å². The summed E-state index contributed by atoms with van der Waals surface area (Å²) in [7, 11) is 0. The van der Waals surface area contributed by atoms with Crippen LogP contribution in [-0.2, 0) is 9.59 Å². The second kappa shape index (κ2) is 7.81. The number of nitrogens with zero attached hydrogens (tertiary/aromatic N) is 3. The van der Waals surface area contributed by atoms with E-state index in [0.29, 0.717) is 17.3 Å². The van der Waals surface area contributed by atoms with E-state index in [1.54, 1.807) is 12.1 Å². The van der Waals surface area contributed by atoms with Crippen molar-refractivity contribution in [3.05, 3.63) is 65.8 Å². The third-order valence-corrected chi connectivity index (χ3v) is 5.99. The lowest BCUT2D eigenvalue weighted by molar-refractivity contribution is -0.123. The van der Waals surface area contributed by atoms with E-state index >= 15 is 0 Å². The van der Waals surface area contributed by atoms with E-state index < -0.39 is 0 Å². The molecule has 0 saturated heterocycles. The third kappa shape index (κ3) is 3.62. The number of amides is 2. The first-order valence-electron chi connectivity index (χ1n) is 9.71. The molecule has 0 radical (unpaired) electrons. The highest BCUT2D eigenvalue weighted by molar-refractivity contribution is 7.17. The van der Waals surface area contributed by atoms with Crippen LogP contribution in [-0.4, -0.2) is 34.9 Å². The monoisotopic (exact) mass is 430 g/mol. The lowest BCUT2D eigenvalue weighted by atomic mass is 10.0. The zero-order chi connectivity index (χ0) is 21.4. The van der Waals surface area contributed by atoms with Crippen molar-refractivity contribution in [3.8, 4) is 17.0 Å². The van der Waals surface area contributed by atoms with Crippen LogP contribution in [0.4, 0.5) is 11.4 Å². The van der Waals surface area contributed by atoms with Gasteiger partial charge >= 0.3 is 0 Å². The van der Waals surface area contributed by atoms with E-state index in [1.165, 1.54) is 28.1 Å². The maximum absolute atomic E-state index is 12.9. The molecule has 2 amide bonds. The highest BCUT2D eigenvalue weighted by Crippen LogP contribution is 2.37. The Kier molecular flexibility index (Phi) is 4.83. The van der Waals surface area contributed by atoms with Crippen LogP contribution in [0.2, 0.25) is 0 Å². The van der Waals surface area contributed by atoms with Crippen LogP contribution >= 0.6 is 11.3 Å². The summed E-state index contributed by atoms with van der Waals surface area (Å²) in [5.74, 6) is -0.206. The van der Waals surface area contributed by atoms with Gasteiger partial charge in [-0.2, -0.15) is 0 Å². The molecule has 31 heavy (non-hydrogen) atoms. The quantitative estimate of drug-likeness (QED) is 0.528. The number of hydrogen-bond acceptors (Lipinski definition) is 6. The Balaban J connectivity index is 1.43. The van der Waals surface area contributed by atoms with E-state index in [-0.39, 0.29) is 25.0 Å². The molecule has 0 spiro atoms. The summed E-state index contributed by atoms with van der Waals surface area (Å²) in [5.41, 5.74) is 4.43. The predicted molar refractivity (Wildman–Crippen MR) is 121 cm³/mol. The average molecular weight is 430 g/mol. The lowest BCUT2D eigenvalue weighted by Gasteiger charge is -2.29. The zero-order valence-electron chi connectivity index (χ0n) is 16.7. The van der Waals surface area contributed by atoms with Gasteiger partial charge in [0.15, 0.2) is 6.61 Å². The summed E-state index contributed by atoms with van der Waals surface area (Å²) in [6.45, 7) is 1.75. The van der Waals surface area contributed by atoms with Crippen molar-refractivity contribution in [2.24, 2.45) is 0 Å². The number of thiophene rings is 1. The molecule has 0 aliphatic carbocycles. The number of carbonyl (C=O) groups is 2. The summed E-state index contributed by atoms with van der Waals surface area (Å²) in [6.07, 6.45) is 1.43. The molecule has 1 aliphatic heterocycles. The summed E-state index contributed by atoms with van der Waals surface area (Å²) >= 11 is 1.50. The first kappa shape index (κ1) is 19.2. The van der Waals surface area contributed by atoms with Crippen molar-refractivity contribution in [2.75, 3.05) is 23.4 Å². The first-order chi connectivity index (χ1) is 15.1. The van der Waals surface area contributed by atoms with E-state index in [0.717, 1.165) is 21.3 Å². The Morgan fingerprint density at radius 2 is 1.97 bits per heavy atom. The van der Waals surface area contributed by atoms with Gasteiger partial charge in [0.05, 0.1) is 16.8 Å². The minimum Gasteiger partial charge on any atom is -0.467 e. The van der Waals surface area contributed by atoms with Crippen LogP contribution in [0, 0.1) is 6.92 Å². The van der Waals surface area contributed by atoms with Gasteiger partial charge in [-0.3, -0.25) is 14.5 Å². The molecule has 0 atom stereocenters. The SMILES string of the molecule is Cc1ccc(-c2csc3ncnc(OCC(=O)N4CC(=O)Nc5ccccc54)c23)cc1. The zero-order valence-corrected chi connectivity index (χ0v) is 17.5. The van der Waals surface area contributed by atoms with Gasteiger partial charge in [-0.1, -0.05) is 42.0 Å². The molecule has 1 N–H and O–H groups in total. The number of anilines is 2. The maximum atomic E-state index is 12.9. The number of carbonyl (C=O) groups excluding carboxylic acids is 2. The third-order valence-electron chi connectivity index (χ3n) is 5.10. The van der Waals surface area contributed by atoms with Gasteiger partial charge in [0.2, 0.25) is 11.8 Å². The van der Waals surface area contributed by atoms with Crippen molar-refractivity contribution >= 4 is 44.7 Å². The van der Waals surface area contributed by atoms with Crippen molar-refractivity contribution in [1.29, 1.82) is 0 Å². The number of rotatable bonds is 4. The Bertz CT molecular complexity index is 1300. The molecule has 5 rings (SSSR count). The number of nitrogens with one attached hydrogen (secondary N) is 1. The molecule has 1 aliphatic rings. The molecule has 4 aromatic rings. The highest BCUT2D eigenvalue weighted by Gasteiger charge is 2.27. The molecule has 0 saturated carbocycles. The standard InChI is InChI=1S/C23H18N4O3S/c1-14-6-8-15(9-7-14)16-12-31-23-21(16)22(24-13-25-23)30-11-20(29)27-10-19(28)26-17-4-2-3-5-18(17)27/h2-9,12-13H,10-11H2,1H3,(H,26,28). The summed E-state index contributed by atoms with van der Waals surface area (Å²) in [5, 5.41) is 5.57. The summed E-state index contributed by atoms with van der Waals surface area (Å²) in [6, 6.07) is 15.4. The topological polar surface area (TPSA) is 84.4 Å². The molecule has 3 heterocycles. The van der Waals surface area contributed by atoms with Gasteiger partial charge < -0.3 is 10.1 Å². The van der Waals surface area contributed by atoms with Gasteiger partial charge in [0.25, 0.3) is 5.91 Å².